The average Bonchev–Trinajstić information content (AvgIpc) is 3.29. The molecule has 37 heavy (non-hydrogen) atoms. The van der Waals surface area contributed by atoms with Crippen molar-refractivity contribution in [2.75, 3.05) is 7.11 Å². The number of fused-ring (bicyclic) bond motifs is 1. The first-order valence-corrected chi connectivity index (χ1v) is 13.9. The Kier molecular flexibility index (Phi) is 8.17. The third-order valence-corrected chi connectivity index (χ3v) is 9.68. The van der Waals surface area contributed by atoms with Crippen molar-refractivity contribution < 1.29 is 9.53 Å². The summed E-state index contributed by atoms with van der Waals surface area (Å²) < 4.78 is 6.41. The SMILES string of the molecule is C=CCc1cc(C)n2ncnc(C(=O)OC)c12.C=P(c1ccccc1)(c1ccccc1)c1ccccc1. The number of hydrogen-bond donors (Lipinski definition) is 0. The lowest BCUT2D eigenvalue weighted by atomic mass is 10.1. The Balaban J connectivity index is 0.000000176. The molecule has 0 bridgehead atoms. The fourth-order valence-electron chi connectivity index (χ4n) is 4.34. The molecule has 0 fully saturated rings. The predicted molar refractivity (Wildman–Crippen MR) is 155 cm³/mol. The van der Waals surface area contributed by atoms with Crippen molar-refractivity contribution in [3.63, 3.8) is 0 Å². The van der Waals surface area contributed by atoms with E-state index in [0.717, 1.165) is 11.3 Å². The van der Waals surface area contributed by atoms with Gasteiger partial charge in [0.1, 0.15) is 11.8 Å². The van der Waals surface area contributed by atoms with Crippen LogP contribution in [0.2, 0.25) is 0 Å². The third-order valence-electron chi connectivity index (χ3n) is 6.15. The largest absolute Gasteiger partial charge is 0.464 e. The maximum Gasteiger partial charge on any atom is 0.358 e. The Bertz CT molecular complexity index is 1440. The van der Waals surface area contributed by atoms with Crippen LogP contribution in [0.25, 0.3) is 5.52 Å². The predicted octanol–water partition coefficient (Wildman–Crippen LogP) is 4.97. The summed E-state index contributed by atoms with van der Waals surface area (Å²) >= 11 is 0. The number of hydrogen-bond acceptors (Lipinski definition) is 4. The molecule has 0 aliphatic carbocycles. The zero-order valence-corrected chi connectivity index (χ0v) is 22.0. The Labute approximate surface area is 218 Å². The average molecular weight is 508 g/mol. The van der Waals surface area contributed by atoms with E-state index in [9.17, 15) is 4.79 Å². The second-order valence-electron chi connectivity index (χ2n) is 8.48. The number of nitrogens with zero attached hydrogens (tertiary/aromatic N) is 3. The van der Waals surface area contributed by atoms with Gasteiger partial charge in [0.05, 0.1) is 7.11 Å². The van der Waals surface area contributed by atoms with Crippen LogP contribution >= 0.6 is 6.89 Å². The van der Waals surface area contributed by atoms with Crippen molar-refractivity contribution in [2.45, 2.75) is 13.3 Å². The summed E-state index contributed by atoms with van der Waals surface area (Å²) in [4.78, 5) is 15.6. The number of carbonyl (C=O) groups is 1. The lowest BCUT2D eigenvalue weighted by Crippen LogP contribution is -2.25. The third kappa shape index (κ3) is 5.32. The van der Waals surface area contributed by atoms with Crippen LogP contribution in [-0.2, 0) is 11.2 Å². The standard InChI is InChI=1S/C19H17P.C12H13N3O2/c1-20(17-11-5-2-6-12-17,18-13-7-3-8-14-18)19-15-9-4-10-16-19;1-4-5-9-6-8(2)15-11(9)10(12(16)17-3)13-7-14-15/h2-16H,1H2;4,6-7H,1,5H2,2-3H3. The lowest BCUT2D eigenvalue weighted by Gasteiger charge is -2.26. The van der Waals surface area contributed by atoms with E-state index in [4.69, 9.17) is 11.0 Å². The summed E-state index contributed by atoms with van der Waals surface area (Å²) in [6.07, 6.45) is 8.48. The molecule has 3 aromatic carbocycles. The van der Waals surface area contributed by atoms with Crippen LogP contribution in [0.5, 0.6) is 0 Å². The Morgan fingerprint density at radius 2 is 1.41 bits per heavy atom. The van der Waals surface area contributed by atoms with Gasteiger partial charge in [-0.2, -0.15) is 5.10 Å². The van der Waals surface area contributed by atoms with Gasteiger partial charge in [0.2, 0.25) is 0 Å². The molecule has 2 aromatic heterocycles. The number of methoxy groups -OCH3 is 1. The summed E-state index contributed by atoms with van der Waals surface area (Å²) in [5, 5.41) is 8.08. The smallest absolute Gasteiger partial charge is 0.358 e. The maximum absolute atomic E-state index is 11.6. The molecule has 0 saturated heterocycles. The van der Waals surface area contributed by atoms with E-state index in [-0.39, 0.29) is 5.69 Å². The van der Waals surface area contributed by atoms with Crippen molar-refractivity contribution in [1.29, 1.82) is 0 Å². The minimum absolute atomic E-state index is 0.285. The normalized spacial score (nSPS) is 10.9. The quantitative estimate of drug-likeness (QED) is 0.185. The van der Waals surface area contributed by atoms with Gasteiger partial charge in [0.15, 0.2) is 5.69 Å². The van der Waals surface area contributed by atoms with Gasteiger partial charge < -0.3 is 4.74 Å². The number of carbonyl (C=O) groups excluding carboxylic acids is 1. The van der Waals surface area contributed by atoms with Crippen molar-refractivity contribution >= 4 is 40.6 Å². The maximum atomic E-state index is 11.6. The molecule has 0 aliphatic rings. The van der Waals surface area contributed by atoms with E-state index in [1.807, 2.05) is 13.0 Å². The summed E-state index contributed by atoms with van der Waals surface area (Å²) in [5.74, 6) is -0.458. The highest BCUT2D eigenvalue weighted by Gasteiger charge is 2.21. The molecule has 0 amide bonds. The van der Waals surface area contributed by atoms with E-state index in [1.54, 1.807) is 10.6 Å². The van der Waals surface area contributed by atoms with E-state index in [1.165, 1.54) is 29.4 Å². The summed E-state index contributed by atoms with van der Waals surface area (Å²) in [6.45, 7) is 3.85. The topological polar surface area (TPSA) is 56.5 Å². The van der Waals surface area contributed by atoms with Crippen molar-refractivity contribution in [1.82, 2.24) is 14.6 Å². The van der Waals surface area contributed by atoms with Gasteiger partial charge in [0, 0.05) is 5.69 Å². The van der Waals surface area contributed by atoms with Gasteiger partial charge >= 0.3 is 5.97 Å². The number of benzene rings is 3. The van der Waals surface area contributed by atoms with Crippen LogP contribution in [-0.4, -0.2) is 34.0 Å². The minimum atomic E-state index is -1.78. The van der Waals surface area contributed by atoms with Gasteiger partial charge in [-0.05, 0) is 47.8 Å². The second-order valence-corrected chi connectivity index (χ2v) is 11.6. The first-order valence-electron chi connectivity index (χ1n) is 11.9. The molecule has 0 unspecified atom stereocenters. The van der Waals surface area contributed by atoms with Gasteiger partial charge in [-0.3, -0.25) is 0 Å². The molecule has 5 rings (SSSR count). The molecule has 186 valence electrons. The Hall–Kier alpha value is -4.21. The highest BCUT2D eigenvalue weighted by atomic mass is 31.2. The van der Waals surface area contributed by atoms with E-state index >= 15 is 0 Å². The molecular weight excluding hydrogens is 477 g/mol. The molecule has 5 aromatic rings. The van der Waals surface area contributed by atoms with Crippen LogP contribution in [0.15, 0.2) is 116 Å². The van der Waals surface area contributed by atoms with E-state index < -0.39 is 12.9 Å². The summed E-state index contributed by atoms with van der Waals surface area (Å²) in [5.41, 5.74) is 2.90. The molecule has 0 radical (unpaired) electrons. The Morgan fingerprint density at radius 1 is 0.919 bits per heavy atom. The number of esters is 1. The van der Waals surface area contributed by atoms with Crippen LogP contribution in [0.1, 0.15) is 21.7 Å². The first-order chi connectivity index (χ1) is 18.0. The monoisotopic (exact) mass is 507 g/mol. The van der Waals surface area contributed by atoms with Crippen molar-refractivity contribution in [3.05, 3.63) is 133 Å². The zero-order chi connectivity index (χ0) is 26.3. The van der Waals surface area contributed by atoms with Crippen LogP contribution in [0.4, 0.5) is 0 Å². The number of allylic oxidation sites excluding steroid dienone is 1. The van der Waals surface area contributed by atoms with E-state index in [0.29, 0.717) is 11.9 Å². The fraction of sp³-hybridized carbons (Fsp3) is 0.0968. The molecule has 0 N–H and O–H groups in total. The first kappa shape index (κ1) is 25.9. The van der Waals surface area contributed by atoms with Crippen LogP contribution < -0.4 is 15.9 Å². The van der Waals surface area contributed by atoms with Gasteiger partial charge in [0.25, 0.3) is 0 Å². The van der Waals surface area contributed by atoms with E-state index in [2.05, 4.69) is 108 Å². The van der Waals surface area contributed by atoms with Gasteiger partial charge in [-0.25, -0.2) is 14.3 Å². The molecule has 0 saturated carbocycles. The van der Waals surface area contributed by atoms with Crippen molar-refractivity contribution in [3.8, 4) is 0 Å². The number of rotatable bonds is 6. The van der Waals surface area contributed by atoms with Crippen LogP contribution in [0, 0.1) is 6.92 Å². The van der Waals surface area contributed by atoms with Gasteiger partial charge in [-0.15, -0.1) is 6.58 Å². The minimum Gasteiger partial charge on any atom is -0.464 e. The number of aryl methyl sites for hydroxylation is 1. The fourth-order valence-corrected chi connectivity index (χ4v) is 7.28. The molecule has 0 aliphatic heterocycles. The number of ether oxygens (including phenoxy) is 1. The molecule has 0 spiro atoms. The Morgan fingerprint density at radius 3 is 1.84 bits per heavy atom. The lowest BCUT2D eigenvalue weighted by molar-refractivity contribution is 0.0595. The molecule has 0 atom stereocenters. The summed E-state index contributed by atoms with van der Waals surface area (Å²) in [6, 6.07) is 33.9. The molecule has 5 nitrogen and oxygen atoms in total. The zero-order valence-electron chi connectivity index (χ0n) is 21.1. The molecule has 2 heterocycles. The molecule has 6 heteroatoms. The summed E-state index contributed by atoms with van der Waals surface area (Å²) in [7, 11) is 1.34. The second kappa shape index (κ2) is 11.7. The van der Waals surface area contributed by atoms with Crippen molar-refractivity contribution in [2.24, 2.45) is 0 Å². The highest BCUT2D eigenvalue weighted by Crippen LogP contribution is 2.41. The highest BCUT2D eigenvalue weighted by molar-refractivity contribution is 7.93. The van der Waals surface area contributed by atoms with Gasteiger partial charge in [-0.1, -0.05) is 103 Å². The van der Waals surface area contributed by atoms with Crippen LogP contribution in [0.3, 0.4) is 0 Å². The number of aromatic nitrogens is 3. The molecular formula is C31H30N3O2P.